The van der Waals surface area contributed by atoms with Crippen molar-refractivity contribution in [3.63, 3.8) is 0 Å². The summed E-state index contributed by atoms with van der Waals surface area (Å²) in [6, 6.07) is 8.37. The maximum Gasteiger partial charge on any atom is 0.116 e. The number of hydrogen-bond donors (Lipinski definition) is 2. The Morgan fingerprint density at radius 2 is 2.00 bits per heavy atom. The predicted molar refractivity (Wildman–Crippen MR) is 114 cm³/mol. The van der Waals surface area contributed by atoms with Crippen molar-refractivity contribution in [3.05, 3.63) is 60.6 Å². The first-order valence-corrected chi connectivity index (χ1v) is 9.98. The molecule has 0 aliphatic heterocycles. The van der Waals surface area contributed by atoms with Crippen LogP contribution in [0.2, 0.25) is 0 Å². The van der Waals surface area contributed by atoms with E-state index in [1.807, 2.05) is 38.0 Å². The minimum Gasteiger partial charge on any atom is -0.352 e. The second-order valence-corrected chi connectivity index (χ2v) is 7.85. The third-order valence-electron chi connectivity index (χ3n) is 5.04. The second kappa shape index (κ2) is 6.11. The van der Waals surface area contributed by atoms with Crippen LogP contribution in [0.25, 0.3) is 54.9 Å². The van der Waals surface area contributed by atoms with E-state index in [1.54, 1.807) is 16.0 Å². The van der Waals surface area contributed by atoms with Crippen molar-refractivity contribution in [2.75, 3.05) is 0 Å². The quantitative estimate of drug-likeness (QED) is 0.456. The third kappa shape index (κ3) is 2.57. The summed E-state index contributed by atoms with van der Waals surface area (Å²) in [7, 11) is 1.90. The van der Waals surface area contributed by atoms with E-state index in [0.717, 1.165) is 50.0 Å². The lowest BCUT2D eigenvalue weighted by molar-refractivity contribution is 0.768. The average molecular weight is 397 g/mol. The molecule has 6 aromatic rings. The molecule has 2 N–H and O–H groups in total. The Balaban J connectivity index is 1.53. The molecule has 0 radical (unpaired) electrons. The van der Waals surface area contributed by atoms with Crippen LogP contribution in [0.4, 0.5) is 0 Å². The van der Waals surface area contributed by atoms with Gasteiger partial charge in [0.15, 0.2) is 0 Å². The van der Waals surface area contributed by atoms with Crippen LogP contribution in [0.5, 0.6) is 0 Å². The first-order valence-electron chi connectivity index (χ1n) is 9.10. The van der Waals surface area contributed by atoms with Crippen LogP contribution in [0.3, 0.4) is 0 Å². The molecule has 6 aromatic heterocycles. The van der Waals surface area contributed by atoms with Gasteiger partial charge in [-0.25, -0.2) is 0 Å². The number of thiophene rings is 1. The molecular formula is C21H15N7S. The summed E-state index contributed by atoms with van der Waals surface area (Å²) in [6.45, 7) is 0. The second-order valence-electron chi connectivity index (χ2n) is 6.90. The molecule has 0 atom stereocenters. The molecule has 6 rings (SSSR count). The van der Waals surface area contributed by atoms with E-state index in [0.29, 0.717) is 0 Å². The van der Waals surface area contributed by atoms with Gasteiger partial charge in [-0.2, -0.15) is 10.2 Å². The zero-order valence-electron chi connectivity index (χ0n) is 15.4. The van der Waals surface area contributed by atoms with Gasteiger partial charge in [0.2, 0.25) is 0 Å². The van der Waals surface area contributed by atoms with Crippen molar-refractivity contribution in [2.45, 2.75) is 0 Å². The standard InChI is InChI=1S/C21H15N7S/c1-28-11-12(7-24-28)16-6-14-19(10-23-16)26-27-21(14)17-5-13-15(20-3-2-4-29-20)8-22-9-18(13)25-17/h2-11,25H,1H3,(H,26,27). The minimum atomic E-state index is 0.862. The summed E-state index contributed by atoms with van der Waals surface area (Å²) < 4.78 is 1.77. The Morgan fingerprint density at radius 3 is 2.83 bits per heavy atom. The van der Waals surface area contributed by atoms with Crippen molar-refractivity contribution in [2.24, 2.45) is 7.05 Å². The van der Waals surface area contributed by atoms with Crippen molar-refractivity contribution in [3.8, 4) is 33.1 Å². The lowest BCUT2D eigenvalue weighted by Crippen LogP contribution is -1.85. The number of fused-ring (bicyclic) bond motifs is 2. The van der Waals surface area contributed by atoms with Gasteiger partial charge in [-0.1, -0.05) is 6.07 Å². The van der Waals surface area contributed by atoms with Gasteiger partial charge in [0.05, 0.1) is 41.0 Å². The van der Waals surface area contributed by atoms with Crippen LogP contribution < -0.4 is 0 Å². The molecule has 7 nitrogen and oxygen atoms in total. The molecule has 0 aliphatic rings. The number of aromatic nitrogens is 7. The summed E-state index contributed by atoms with van der Waals surface area (Å²) in [5.74, 6) is 0. The largest absolute Gasteiger partial charge is 0.352 e. The van der Waals surface area contributed by atoms with Gasteiger partial charge in [0.25, 0.3) is 0 Å². The lowest BCUT2D eigenvalue weighted by Gasteiger charge is -1.98. The molecule has 8 heteroatoms. The average Bonchev–Trinajstić information content (AvgIpc) is 3.51. The fourth-order valence-electron chi connectivity index (χ4n) is 3.64. The highest BCUT2D eigenvalue weighted by Gasteiger charge is 2.15. The summed E-state index contributed by atoms with van der Waals surface area (Å²) in [4.78, 5) is 13.6. The summed E-state index contributed by atoms with van der Waals surface area (Å²) in [5.41, 5.74) is 6.65. The van der Waals surface area contributed by atoms with E-state index < -0.39 is 0 Å². The van der Waals surface area contributed by atoms with Gasteiger partial charge in [-0.05, 0) is 23.6 Å². The first-order chi connectivity index (χ1) is 14.3. The Kier molecular flexibility index (Phi) is 3.41. The van der Waals surface area contributed by atoms with E-state index in [9.17, 15) is 0 Å². The molecule has 0 saturated carbocycles. The van der Waals surface area contributed by atoms with Gasteiger partial charge in [-0.3, -0.25) is 19.7 Å². The highest BCUT2D eigenvalue weighted by molar-refractivity contribution is 7.13. The molecule has 0 amide bonds. The maximum atomic E-state index is 4.56. The number of nitrogens with one attached hydrogen (secondary N) is 2. The number of aryl methyl sites for hydroxylation is 1. The molecule has 29 heavy (non-hydrogen) atoms. The number of hydrogen-bond acceptors (Lipinski definition) is 5. The highest BCUT2D eigenvalue weighted by Crippen LogP contribution is 2.35. The molecule has 0 fully saturated rings. The Labute approximate surface area is 169 Å². The van der Waals surface area contributed by atoms with Crippen LogP contribution in [0, 0.1) is 0 Å². The van der Waals surface area contributed by atoms with Crippen LogP contribution >= 0.6 is 11.3 Å². The number of rotatable bonds is 3. The topological polar surface area (TPSA) is 88.1 Å². The smallest absolute Gasteiger partial charge is 0.116 e. The zero-order chi connectivity index (χ0) is 19.4. The fourth-order valence-corrected chi connectivity index (χ4v) is 4.39. The van der Waals surface area contributed by atoms with Crippen molar-refractivity contribution < 1.29 is 0 Å². The lowest BCUT2D eigenvalue weighted by atomic mass is 10.1. The highest BCUT2D eigenvalue weighted by atomic mass is 32.1. The fraction of sp³-hybridized carbons (Fsp3) is 0.0476. The molecule has 0 aromatic carbocycles. The van der Waals surface area contributed by atoms with E-state index >= 15 is 0 Å². The molecule has 0 aliphatic carbocycles. The molecular weight excluding hydrogens is 382 g/mol. The Hall–Kier alpha value is -3.78. The van der Waals surface area contributed by atoms with Gasteiger partial charge in [0, 0.05) is 46.2 Å². The monoisotopic (exact) mass is 397 g/mol. The summed E-state index contributed by atoms with van der Waals surface area (Å²) in [5, 5.41) is 16.1. The SMILES string of the molecule is Cn1cc(-c2cc3c(-c4cc5c(-c6cccs6)cncc5[nH]4)n[nH]c3cn2)cn1. The van der Waals surface area contributed by atoms with Crippen molar-refractivity contribution in [1.82, 2.24) is 34.9 Å². The molecule has 0 unspecified atom stereocenters. The number of nitrogens with zero attached hydrogens (tertiary/aromatic N) is 5. The molecule has 6 heterocycles. The van der Waals surface area contributed by atoms with Crippen LogP contribution in [-0.4, -0.2) is 34.9 Å². The molecule has 0 bridgehead atoms. The first kappa shape index (κ1) is 16.2. The van der Waals surface area contributed by atoms with E-state index in [-0.39, 0.29) is 0 Å². The van der Waals surface area contributed by atoms with Crippen LogP contribution in [-0.2, 0) is 7.05 Å². The van der Waals surface area contributed by atoms with E-state index in [1.165, 1.54) is 4.88 Å². The normalized spacial score (nSPS) is 11.6. The number of H-pyrrole nitrogens is 2. The van der Waals surface area contributed by atoms with Crippen molar-refractivity contribution in [1.29, 1.82) is 0 Å². The van der Waals surface area contributed by atoms with Gasteiger partial charge in [0.1, 0.15) is 5.69 Å². The number of pyridine rings is 2. The predicted octanol–water partition coefficient (Wildman–Crippen LogP) is 4.63. The minimum absolute atomic E-state index is 0.862. The molecule has 140 valence electrons. The van der Waals surface area contributed by atoms with Crippen LogP contribution in [0.1, 0.15) is 0 Å². The Morgan fingerprint density at radius 1 is 1.03 bits per heavy atom. The third-order valence-corrected chi connectivity index (χ3v) is 5.94. The van der Waals surface area contributed by atoms with Crippen LogP contribution in [0.15, 0.2) is 60.6 Å². The van der Waals surface area contributed by atoms with Crippen molar-refractivity contribution >= 4 is 33.1 Å². The van der Waals surface area contributed by atoms with Gasteiger partial charge >= 0.3 is 0 Å². The maximum absolute atomic E-state index is 4.56. The van der Waals surface area contributed by atoms with E-state index in [2.05, 4.69) is 59.9 Å². The zero-order valence-corrected chi connectivity index (χ0v) is 16.2. The summed E-state index contributed by atoms with van der Waals surface area (Å²) in [6.07, 6.45) is 9.35. The number of aromatic amines is 2. The summed E-state index contributed by atoms with van der Waals surface area (Å²) >= 11 is 1.71. The Bertz CT molecular complexity index is 1470. The molecule has 0 saturated heterocycles. The van der Waals surface area contributed by atoms with Gasteiger partial charge in [-0.15, -0.1) is 11.3 Å². The van der Waals surface area contributed by atoms with E-state index in [4.69, 9.17) is 0 Å². The molecule has 0 spiro atoms. The van der Waals surface area contributed by atoms with Gasteiger partial charge < -0.3 is 4.98 Å².